The minimum absolute atomic E-state index is 0.00701. The Kier molecular flexibility index (Phi) is 6.09. The van der Waals surface area contributed by atoms with Crippen molar-refractivity contribution in [1.82, 2.24) is 0 Å². The number of anilines is 2. The van der Waals surface area contributed by atoms with Crippen LogP contribution in [-0.2, 0) is 9.59 Å². The third-order valence-electron chi connectivity index (χ3n) is 6.35. The lowest BCUT2D eigenvalue weighted by molar-refractivity contribution is -0.119. The van der Waals surface area contributed by atoms with Crippen LogP contribution in [0.2, 0.25) is 0 Å². The van der Waals surface area contributed by atoms with Crippen molar-refractivity contribution in [2.45, 2.75) is 65.3 Å². The van der Waals surface area contributed by atoms with Crippen LogP contribution in [0.3, 0.4) is 0 Å². The fourth-order valence-electron chi connectivity index (χ4n) is 4.92. The lowest BCUT2D eigenvalue weighted by Gasteiger charge is -2.37. The molecule has 168 valence electrons. The smallest absolute Gasteiger partial charge is 0.227 e. The molecule has 2 aromatic carbocycles. The number of hydrogen-bond donors (Lipinski definition) is 2. The first-order valence-corrected chi connectivity index (χ1v) is 11.5. The molecule has 1 atom stereocenters. The fraction of sp³-hybridized carbons (Fsp3) is 0.407. The van der Waals surface area contributed by atoms with Gasteiger partial charge >= 0.3 is 0 Å². The van der Waals surface area contributed by atoms with Crippen LogP contribution < -0.4 is 10.2 Å². The number of nitrogens with one attached hydrogen (secondary N) is 1. The minimum atomic E-state index is -0.578. The van der Waals surface area contributed by atoms with Crippen molar-refractivity contribution >= 4 is 23.1 Å². The number of carbonyl (C=O) groups is 2. The van der Waals surface area contributed by atoms with Gasteiger partial charge in [-0.05, 0) is 48.1 Å². The fourth-order valence-corrected chi connectivity index (χ4v) is 4.92. The summed E-state index contributed by atoms with van der Waals surface area (Å²) < 4.78 is 0. The molecule has 1 unspecified atom stereocenters. The topological polar surface area (TPSA) is 69.6 Å². The molecule has 1 aliphatic heterocycles. The van der Waals surface area contributed by atoms with Crippen LogP contribution in [0, 0.1) is 5.41 Å². The van der Waals surface area contributed by atoms with E-state index in [4.69, 9.17) is 0 Å². The molecule has 5 nitrogen and oxygen atoms in total. The number of benzene rings is 2. The zero-order valence-electron chi connectivity index (χ0n) is 19.1. The van der Waals surface area contributed by atoms with Crippen molar-refractivity contribution in [1.29, 1.82) is 0 Å². The second-order valence-electron chi connectivity index (χ2n) is 9.69. The van der Waals surface area contributed by atoms with Crippen molar-refractivity contribution in [3.8, 4) is 5.75 Å². The van der Waals surface area contributed by atoms with Gasteiger partial charge in [-0.25, -0.2) is 0 Å². The molecule has 0 saturated heterocycles. The zero-order valence-corrected chi connectivity index (χ0v) is 19.1. The van der Waals surface area contributed by atoms with Gasteiger partial charge in [0.2, 0.25) is 5.91 Å². The number of fused-ring (bicyclic) bond motifs is 1. The molecule has 2 N–H and O–H groups in total. The monoisotopic (exact) mass is 432 g/mol. The Bertz CT molecular complexity index is 1070. The first-order valence-electron chi connectivity index (χ1n) is 11.5. The van der Waals surface area contributed by atoms with Crippen molar-refractivity contribution in [2.24, 2.45) is 5.41 Å². The highest BCUT2D eigenvalue weighted by atomic mass is 16.3. The van der Waals surface area contributed by atoms with E-state index in [0.29, 0.717) is 18.4 Å². The molecule has 2 aromatic rings. The van der Waals surface area contributed by atoms with Crippen molar-refractivity contribution in [3.05, 3.63) is 65.4 Å². The van der Waals surface area contributed by atoms with E-state index < -0.39 is 6.04 Å². The van der Waals surface area contributed by atoms with Gasteiger partial charge in [0.1, 0.15) is 5.75 Å². The Morgan fingerprint density at radius 2 is 1.91 bits per heavy atom. The Labute approximate surface area is 190 Å². The number of carbonyl (C=O) groups excluding carboxylic acids is 2. The summed E-state index contributed by atoms with van der Waals surface area (Å²) in [4.78, 5) is 29.0. The van der Waals surface area contributed by atoms with Crippen LogP contribution in [0.5, 0.6) is 5.75 Å². The number of ketones is 1. The SMILES string of the molecule is CCCCCC(=O)N1c2ccccc2NC2=C(C(=O)CC(C)(C)C2)C1c1cccc(O)c1. The summed E-state index contributed by atoms with van der Waals surface area (Å²) >= 11 is 0. The summed E-state index contributed by atoms with van der Waals surface area (Å²) in [6.45, 7) is 6.32. The summed E-state index contributed by atoms with van der Waals surface area (Å²) in [5.41, 5.74) is 3.68. The predicted octanol–water partition coefficient (Wildman–Crippen LogP) is 6.12. The molecule has 4 rings (SSSR count). The van der Waals surface area contributed by atoms with E-state index >= 15 is 0 Å². The normalized spacial score (nSPS) is 19.7. The third kappa shape index (κ3) is 4.29. The van der Waals surface area contributed by atoms with Gasteiger partial charge in [0.25, 0.3) is 0 Å². The number of nitrogens with zero attached hydrogens (tertiary/aromatic N) is 1. The lowest BCUT2D eigenvalue weighted by Crippen LogP contribution is -2.39. The average molecular weight is 433 g/mol. The summed E-state index contributed by atoms with van der Waals surface area (Å²) in [5.74, 6) is 0.167. The molecule has 32 heavy (non-hydrogen) atoms. The van der Waals surface area contributed by atoms with Crippen LogP contribution >= 0.6 is 0 Å². The van der Waals surface area contributed by atoms with Gasteiger partial charge < -0.3 is 10.4 Å². The number of Topliss-reactive ketones (excluding diaryl/α,β-unsaturated/α-hetero) is 1. The molecule has 0 radical (unpaired) electrons. The number of phenols is 1. The average Bonchev–Trinajstić information content (AvgIpc) is 2.87. The van der Waals surface area contributed by atoms with Gasteiger partial charge in [-0.3, -0.25) is 14.5 Å². The molecule has 0 spiro atoms. The molecule has 2 aliphatic rings. The van der Waals surface area contributed by atoms with E-state index in [0.717, 1.165) is 48.3 Å². The van der Waals surface area contributed by atoms with Crippen LogP contribution in [0.25, 0.3) is 0 Å². The number of phenolic OH excluding ortho intramolecular Hbond substituents is 1. The van der Waals surface area contributed by atoms with Crippen LogP contribution in [0.1, 0.15) is 70.9 Å². The molecule has 0 saturated carbocycles. The molecule has 1 heterocycles. The Morgan fingerprint density at radius 3 is 2.66 bits per heavy atom. The highest BCUT2D eigenvalue weighted by molar-refractivity contribution is 6.06. The molecule has 0 aromatic heterocycles. The van der Waals surface area contributed by atoms with Crippen molar-refractivity contribution < 1.29 is 14.7 Å². The summed E-state index contributed by atoms with van der Waals surface area (Å²) in [6.07, 6.45) is 4.38. The quantitative estimate of drug-likeness (QED) is 0.559. The standard InChI is InChI=1S/C27H32N2O3/c1-4-5-6-14-24(32)29-22-13-8-7-12-20(22)28-21-16-27(2,3)17-23(31)25(21)26(29)18-10-9-11-19(30)15-18/h7-13,15,26,28,30H,4-6,14,16-17H2,1-3H3. The summed E-state index contributed by atoms with van der Waals surface area (Å²) in [6, 6.07) is 14.1. The third-order valence-corrected chi connectivity index (χ3v) is 6.35. The van der Waals surface area contributed by atoms with Gasteiger partial charge in [-0.15, -0.1) is 0 Å². The number of para-hydroxylation sites is 2. The number of rotatable bonds is 5. The van der Waals surface area contributed by atoms with Crippen LogP contribution in [0.15, 0.2) is 59.8 Å². The maximum absolute atomic E-state index is 13.7. The van der Waals surface area contributed by atoms with E-state index in [-0.39, 0.29) is 22.9 Å². The van der Waals surface area contributed by atoms with E-state index in [9.17, 15) is 14.7 Å². The Hall–Kier alpha value is -3.08. The number of amides is 1. The first-order chi connectivity index (χ1) is 15.3. The molecule has 5 heteroatoms. The molecule has 1 aliphatic carbocycles. The zero-order chi connectivity index (χ0) is 22.9. The van der Waals surface area contributed by atoms with Crippen LogP contribution in [0.4, 0.5) is 11.4 Å². The van der Waals surface area contributed by atoms with Gasteiger partial charge in [0, 0.05) is 24.1 Å². The van der Waals surface area contributed by atoms with Gasteiger partial charge in [-0.1, -0.05) is 57.9 Å². The Balaban J connectivity index is 1.93. The predicted molar refractivity (Wildman–Crippen MR) is 128 cm³/mol. The minimum Gasteiger partial charge on any atom is -0.508 e. The second kappa shape index (κ2) is 8.81. The molecule has 1 amide bonds. The van der Waals surface area contributed by atoms with E-state index in [1.807, 2.05) is 30.3 Å². The van der Waals surface area contributed by atoms with E-state index in [2.05, 4.69) is 26.1 Å². The molecule has 0 fully saturated rings. The highest BCUT2D eigenvalue weighted by Gasteiger charge is 2.43. The van der Waals surface area contributed by atoms with Gasteiger partial charge in [0.05, 0.1) is 17.4 Å². The second-order valence-corrected chi connectivity index (χ2v) is 9.69. The molecular formula is C27H32N2O3. The number of unbranched alkanes of at least 4 members (excludes halogenated alkanes) is 2. The maximum atomic E-state index is 13.7. The first kappa shape index (κ1) is 22.1. The van der Waals surface area contributed by atoms with E-state index in [1.54, 1.807) is 23.1 Å². The summed E-state index contributed by atoms with van der Waals surface area (Å²) in [5, 5.41) is 13.7. The lowest BCUT2D eigenvalue weighted by atomic mass is 9.73. The largest absolute Gasteiger partial charge is 0.508 e. The van der Waals surface area contributed by atoms with Crippen LogP contribution in [-0.4, -0.2) is 16.8 Å². The number of allylic oxidation sites excluding steroid dienone is 1. The number of hydrogen-bond acceptors (Lipinski definition) is 4. The van der Waals surface area contributed by atoms with Gasteiger partial charge in [0.15, 0.2) is 5.78 Å². The maximum Gasteiger partial charge on any atom is 0.227 e. The van der Waals surface area contributed by atoms with Gasteiger partial charge in [-0.2, -0.15) is 0 Å². The van der Waals surface area contributed by atoms with Crippen molar-refractivity contribution in [3.63, 3.8) is 0 Å². The van der Waals surface area contributed by atoms with E-state index in [1.165, 1.54) is 0 Å². The summed E-state index contributed by atoms with van der Waals surface area (Å²) in [7, 11) is 0. The number of aromatic hydroxyl groups is 1. The molecular weight excluding hydrogens is 400 g/mol. The molecule has 0 bridgehead atoms. The van der Waals surface area contributed by atoms with Crippen molar-refractivity contribution in [2.75, 3.05) is 10.2 Å². The Morgan fingerprint density at radius 1 is 1.12 bits per heavy atom. The highest BCUT2D eigenvalue weighted by Crippen LogP contribution is 2.48.